The predicted octanol–water partition coefficient (Wildman–Crippen LogP) is 2.90. The van der Waals surface area contributed by atoms with Gasteiger partial charge in [-0.05, 0) is 0 Å². The Balaban J connectivity index is 0. The van der Waals surface area contributed by atoms with Crippen LogP contribution in [0.5, 0.6) is 0 Å². The van der Waals surface area contributed by atoms with Gasteiger partial charge in [0.1, 0.15) is 0 Å². The first-order valence-corrected chi connectivity index (χ1v) is 10.1. The van der Waals surface area contributed by atoms with Crippen LogP contribution in [0.1, 0.15) is 59.3 Å². The van der Waals surface area contributed by atoms with E-state index in [4.69, 9.17) is 4.98 Å². The van der Waals surface area contributed by atoms with Crippen LogP contribution in [0, 0.1) is 0 Å². The van der Waals surface area contributed by atoms with E-state index in [2.05, 4.69) is 27.4 Å². The van der Waals surface area contributed by atoms with Crippen molar-refractivity contribution in [1.82, 2.24) is 0 Å². The summed E-state index contributed by atoms with van der Waals surface area (Å²) in [7, 11) is -1.33. The van der Waals surface area contributed by atoms with Crippen molar-refractivity contribution in [3.8, 4) is 0 Å². The standard InChI is InChI=1S/C15H32NSi.Li/c1-5-9-13-17(14-10-6-2,15-11-7-3)16-12-8-4;/h8H,4-7,9-15H2,1-3H3;/q-1;+1. The van der Waals surface area contributed by atoms with E-state index in [0.29, 0.717) is 0 Å². The van der Waals surface area contributed by atoms with Gasteiger partial charge >= 0.3 is 18.9 Å². The Hall–Kier alpha value is 0.514. The maximum Gasteiger partial charge on any atom is 1.00 e. The molecule has 0 aromatic carbocycles. The summed E-state index contributed by atoms with van der Waals surface area (Å²) in [4.78, 5) is 5.11. The van der Waals surface area contributed by atoms with Gasteiger partial charge in [0.25, 0.3) is 0 Å². The summed E-state index contributed by atoms with van der Waals surface area (Å²) in [6.07, 6.45) is 10.1. The Morgan fingerprint density at radius 1 is 0.889 bits per heavy atom. The fourth-order valence-corrected chi connectivity index (χ4v) is 7.16. The van der Waals surface area contributed by atoms with Crippen LogP contribution >= 0.6 is 0 Å². The third-order valence-electron chi connectivity index (χ3n) is 3.54. The van der Waals surface area contributed by atoms with Crippen LogP contribution in [-0.4, -0.2) is 14.8 Å². The molecule has 0 saturated heterocycles. The van der Waals surface area contributed by atoms with Crippen LogP contribution in [0.3, 0.4) is 0 Å². The molecule has 0 atom stereocenters. The fraction of sp³-hybridized carbons (Fsp3) is 0.867. The van der Waals surface area contributed by atoms with E-state index in [0.717, 1.165) is 6.54 Å². The van der Waals surface area contributed by atoms with E-state index < -0.39 is 8.24 Å². The monoisotopic (exact) mass is 261 g/mol. The molecule has 0 N–H and O–H groups in total. The van der Waals surface area contributed by atoms with Crippen molar-refractivity contribution in [2.45, 2.75) is 77.4 Å². The van der Waals surface area contributed by atoms with E-state index in [1.807, 2.05) is 6.08 Å². The van der Waals surface area contributed by atoms with Crippen molar-refractivity contribution in [3.05, 3.63) is 17.6 Å². The van der Waals surface area contributed by atoms with Crippen molar-refractivity contribution >= 4 is 8.24 Å². The average molecular weight is 261 g/mol. The molecule has 0 rings (SSSR count). The minimum Gasteiger partial charge on any atom is -0.661 e. The molecule has 0 aromatic heterocycles. The molecule has 0 unspecified atom stereocenters. The number of hydrogen-bond donors (Lipinski definition) is 0. The van der Waals surface area contributed by atoms with E-state index in [1.165, 1.54) is 56.7 Å². The molecule has 102 valence electrons. The molecular formula is C15H32LiNSi. The first kappa shape index (κ1) is 20.8. The molecule has 0 spiro atoms. The van der Waals surface area contributed by atoms with Gasteiger partial charge in [-0.3, -0.25) is 0 Å². The SMILES string of the molecule is C=CC[N-][Si](CCCC)(CCCC)CCCC.[Li+]. The van der Waals surface area contributed by atoms with Gasteiger partial charge in [-0.25, -0.2) is 0 Å². The van der Waals surface area contributed by atoms with Gasteiger partial charge in [0.2, 0.25) is 0 Å². The van der Waals surface area contributed by atoms with Crippen LogP contribution in [0.2, 0.25) is 18.1 Å². The molecule has 0 fully saturated rings. The van der Waals surface area contributed by atoms with Gasteiger partial charge < -0.3 is 4.98 Å². The summed E-state index contributed by atoms with van der Waals surface area (Å²) < 4.78 is 0. The van der Waals surface area contributed by atoms with Crippen LogP contribution < -0.4 is 18.9 Å². The zero-order valence-electron chi connectivity index (χ0n) is 13.3. The summed E-state index contributed by atoms with van der Waals surface area (Å²) in [5, 5.41) is 0. The molecule has 0 aliphatic heterocycles. The minimum absolute atomic E-state index is 0. The second kappa shape index (κ2) is 13.9. The minimum atomic E-state index is -1.33. The van der Waals surface area contributed by atoms with Gasteiger partial charge in [-0.15, -0.1) is 19.2 Å². The first-order chi connectivity index (χ1) is 8.24. The van der Waals surface area contributed by atoms with Crippen molar-refractivity contribution in [2.24, 2.45) is 0 Å². The maximum atomic E-state index is 5.11. The predicted molar refractivity (Wildman–Crippen MR) is 83.3 cm³/mol. The second-order valence-electron chi connectivity index (χ2n) is 5.16. The largest absolute Gasteiger partial charge is 1.00 e. The molecule has 0 aromatic rings. The van der Waals surface area contributed by atoms with Gasteiger partial charge in [-0.1, -0.05) is 85.7 Å². The third-order valence-corrected chi connectivity index (χ3v) is 8.25. The van der Waals surface area contributed by atoms with Crippen molar-refractivity contribution in [1.29, 1.82) is 0 Å². The topological polar surface area (TPSA) is 14.1 Å². The van der Waals surface area contributed by atoms with Gasteiger partial charge in [0.15, 0.2) is 0 Å². The van der Waals surface area contributed by atoms with E-state index in [-0.39, 0.29) is 18.9 Å². The summed E-state index contributed by atoms with van der Waals surface area (Å²) in [6, 6.07) is 4.24. The first-order valence-electron chi connectivity index (χ1n) is 7.54. The quantitative estimate of drug-likeness (QED) is 0.379. The van der Waals surface area contributed by atoms with Crippen LogP contribution in [0.4, 0.5) is 0 Å². The molecule has 0 amide bonds. The average Bonchev–Trinajstić information content (AvgIpc) is 2.37. The maximum absolute atomic E-state index is 5.11. The van der Waals surface area contributed by atoms with E-state index in [9.17, 15) is 0 Å². The summed E-state index contributed by atoms with van der Waals surface area (Å²) >= 11 is 0. The molecular weight excluding hydrogens is 229 g/mol. The molecule has 0 aliphatic rings. The normalized spacial score (nSPS) is 11.1. The van der Waals surface area contributed by atoms with Crippen molar-refractivity contribution in [2.75, 3.05) is 6.54 Å². The van der Waals surface area contributed by atoms with Gasteiger partial charge in [-0.2, -0.15) is 0 Å². The molecule has 0 bridgehead atoms. The van der Waals surface area contributed by atoms with E-state index in [1.54, 1.807) is 0 Å². The smallest absolute Gasteiger partial charge is 0.661 e. The molecule has 0 saturated carbocycles. The van der Waals surface area contributed by atoms with Gasteiger partial charge in [0, 0.05) is 0 Å². The summed E-state index contributed by atoms with van der Waals surface area (Å²) in [6.45, 7) is 11.6. The second-order valence-corrected chi connectivity index (χ2v) is 9.43. The van der Waals surface area contributed by atoms with Gasteiger partial charge in [0.05, 0.1) is 0 Å². The zero-order chi connectivity index (χ0) is 13.0. The number of nitrogens with zero attached hydrogens (tertiary/aromatic N) is 1. The Morgan fingerprint density at radius 2 is 1.28 bits per heavy atom. The zero-order valence-corrected chi connectivity index (χ0v) is 14.3. The van der Waals surface area contributed by atoms with E-state index >= 15 is 0 Å². The summed E-state index contributed by atoms with van der Waals surface area (Å²) in [5.41, 5.74) is 0. The molecule has 0 aliphatic carbocycles. The van der Waals surface area contributed by atoms with Crippen molar-refractivity contribution in [3.63, 3.8) is 0 Å². The Labute approximate surface area is 128 Å². The molecule has 1 nitrogen and oxygen atoms in total. The molecule has 0 heterocycles. The fourth-order valence-electron chi connectivity index (χ4n) is 2.39. The summed E-state index contributed by atoms with van der Waals surface area (Å²) in [5.74, 6) is 0. The Bertz CT molecular complexity index is 164. The number of rotatable bonds is 12. The number of hydrogen-bond acceptors (Lipinski definition) is 0. The van der Waals surface area contributed by atoms with Crippen LogP contribution in [0.15, 0.2) is 12.7 Å². The van der Waals surface area contributed by atoms with Crippen LogP contribution in [-0.2, 0) is 0 Å². The van der Waals surface area contributed by atoms with Crippen molar-refractivity contribution < 1.29 is 18.9 Å². The molecule has 3 heteroatoms. The molecule has 0 radical (unpaired) electrons. The Kier molecular flexibility index (Phi) is 16.1. The van der Waals surface area contributed by atoms with Crippen LogP contribution in [0.25, 0.3) is 4.98 Å². The molecule has 18 heavy (non-hydrogen) atoms. The Morgan fingerprint density at radius 3 is 1.56 bits per heavy atom. The third kappa shape index (κ3) is 9.45. The number of unbranched alkanes of at least 4 members (excludes halogenated alkanes) is 3.